The van der Waals surface area contributed by atoms with Gasteiger partial charge in [0.15, 0.2) is 0 Å². The number of carboxylic acid groups (broad SMARTS) is 1. The van der Waals surface area contributed by atoms with Crippen molar-refractivity contribution < 1.29 is 23.1 Å². The Bertz CT molecular complexity index is 474. The van der Waals surface area contributed by atoms with Crippen LogP contribution in [-0.2, 0) is 19.6 Å². The van der Waals surface area contributed by atoms with Crippen LogP contribution < -0.4 is 5.14 Å². The Morgan fingerprint density at radius 1 is 1.35 bits per heavy atom. The lowest BCUT2D eigenvalue weighted by atomic mass is 9.86. The van der Waals surface area contributed by atoms with Gasteiger partial charge in [0.1, 0.15) is 0 Å². The molecule has 1 saturated heterocycles. The Kier molecular flexibility index (Phi) is 5.52. The number of amides is 1. The first-order valence-corrected chi connectivity index (χ1v) is 8.34. The number of carbonyl (C=O) groups is 2. The Hall–Kier alpha value is -1.15. The van der Waals surface area contributed by atoms with Crippen LogP contribution in [0.25, 0.3) is 0 Å². The number of primary sulfonamides is 1. The summed E-state index contributed by atoms with van der Waals surface area (Å²) in [5.41, 5.74) is 0. The van der Waals surface area contributed by atoms with Crippen LogP contribution in [0.15, 0.2) is 0 Å². The first-order chi connectivity index (χ1) is 9.11. The number of carboxylic acids is 1. The maximum absolute atomic E-state index is 12.0. The fourth-order valence-electron chi connectivity index (χ4n) is 2.55. The molecule has 0 unspecified atom stereocenters. The van der Waals surface area contributed by atoms with E-state index in [0.29, 0.717) is 6.54 Å². The fourth-order valence-corrected chi connectivity index (χ4v) is 3.10. The average Bonchev–Trinajstić information content (AvgIpc) is 2.71. The standard InChI is InChI=1S/C12H22N2O5S/c1-8(2)9-6-14(7-10(9)12(16)17)11(15)4-3-5-20(13,18)19/h8-10H,3-7H2,1-2H3,(H,16,17)(H2,13,18,19)/t9-,10+/m0/s1. The number of carbonyl (C=O) groups excluding carboxylic acids is 1. The first-order valence-electron chi connectivity index (χ1n) is 6.63. The lowest BCUT2D eigenvalue weighted by Crippen LogP contribution is -2.30. The third-order valence-electron chi connectivity index (χ3n) is 3.71. The molecule has 3 N–H and O–H groups in total. The molecule has 1 fully saturated rings. The van der Waals surface area contributed by atoms with Gasteiger partial charge in [-0.05, 0) is 18.3 Å². The van der Waals surface area contributed by atoms with Crippen molar-refractivity contribution in [2.75, 3.05) is 18.8 Å². The van der Waals surface area contributed by atoms with E-state index in [9.17, 15) is 23.1 Å². The summed E-state index contributed by atoms with van der Waals surface area (Å²) in [5, 5.41) is 14.0. The molecule has 0 bridgehead atoms. The van der Waals surface area contributed by atoms with Gasteiger partial charge in [0.2, 0.25) is 15.9 Å². The van der Waals surface area contributed by atoms with Gasteiger partial charge in [-0.3, -0.25) is 9.59 Å². The highest BCUT2D eigenvalue weighted by molar-refractivity contribution is 7.89. The third-order valence-corrected chi connectivity index (χ3v) is 4.57. The summed E-state index contributed by atoms with van der Waals surface area (Å²) in [6.45, 7) is 4.50. The molecule has 1 aliphatic heterocycles. The van der Waals surface area contributed by atoms with Crippen LogP contribution in [0.4, 0.5) is 0 Å². The van der Waals surface area contributed by atoms with Crippen LogP contribution in [0.5, 0.6) is 0 Å². The lowest BCUT2D eigenvalue weighted by molar-refractivity contribution is -0.143. The minimum Gasteiger partial charge on any atom is -0.481 e. The van der Waals surface area contributed by atoms with Crippen molar-refractivity contribution in [3.8, 4) is 0 Å². The van der Waals surface area contributed by atoms with E-state index in [0.717, 1.165) is 0 Å². The maximum Gasteiger partial charge on any atom is 0.308 e. The van der Waals surface area contributed by atoms with E-state index in [-0.39, 0.29) is 42.9 Å². The van der Waals surface area contributed by atoms with Gasteiger partial charge >= 0.3 is 5.97 Å². The number of hydrogen-bond donors (Lipinski definition) is 2. The second kappa shape index (κ2) is 6.53. The van der Waals surface area contributed by atoms with E-state index in [1.165, 1.54) is 4.90 Å². The van der Waals surface area contributed by atoms with E-state index >= 15 is 0 Å². The monoisotopic (exact) mass is 306 g/mol. The Balaban J connectivity index is 2.56. The largest absolute Gasteiger partial charge is 0.481 e. The molecular weight excluding hydrogens is 284 g/mol. The zero-order valence-corrected chi connectivity index (χ0v) is 12.6. The summed E-state index contributed by atoms with van der Waals surface area (Å²) in [5.74, 6) is -1.75. The number of rotatable bonds is 6. The summed E-state index contributed by atoms with van der Waals surface area (Å²) >= 11 is 0. The smallest absolute Gasteiger partial charge is 0.308 e. The number of hydrogen-bond acceptors (Lipinski definition) is 4. The molecule has 116 valence electrons. The zero-order chi connectivity index (χ0) is 15.5. The predicted molar refractivity (Wildman–Crippen MR) is 73.2 cm³/mol. The summed E-state index contributed by atoms with van der Waals surface area (Å²) in [6, 6.07) is 0. The van der Waals surface area contributed by atoms with E-state index in [1.54, 1.807) is 0 Å². The van der Waals surface area contributed by atoms with Gasteiger partial charge in [0, 0.05) is 19.5 Å². The molecule has 0 aromatic carbocycles. The normalized spacial score (nSPS) is 23.3. The van der Waals surface area contributed by atoms with Gasteiger partial charge in [-0.2, -0.15) is 0 Å². The zero-order valence-electron chi connectivity index (χ0n) is 11.8. The fraction of sp³-hybridized carbons (Fsp3) is 0.833. The van der Waals surface area contributed by atoms with Gasteiger partial charge in [0.05, 0.1) is 11.7 Å². The highest BCUT2D eigenvalue weighted by Gasteiger charge is 2.40. The number of likely N-dealkylation sites (tertiary alicyclic amines) is 1. The van der Waals surface area contributed by atoms with Gasteiger partial charge in [0.25, 0.3) is 0 Å². The van der Waals surface area contributed by atoms with Crippen LogP contribution in [-0.4, -0.2) is 49.1 Å². The van der Waals surface area contributed by atoms with Crippen molar-refractivity contribution in [3.63, 3.8) is 0 Å². The van der Waals surface area contributed by atoms with Crippen LogP contribution in [0.2, 0.25) is 0 Å². The molecule has 1 rings (SSSR count). The summed E-state index contributed by atoms with van der Waals surface area (Å²) in [6.07, 6.45) is 0.242. The van der Waals surface area contributed by atoms with Crippen LogP contribution in [0.3, 0.4) is 0 Å². The number of sulfonamides is 1. The number of nitrogens with zero attached hydrogens (tertiary/aromatic N) is 1. The highest BCUT2D eigenvalue weighted by atomic mass is 32.2. The van der Waals surface area contributed by atoms with Crippen molar-refractivity contribution in [1.82, 2.24) is 4.90 Å². The second-order valence-corrected chi connectivity index (χ2v) is 7.36. The van der Waals surface area contributed by atoms with Crippen molar-refractivity contribution in [1.29, 1.82) is 0 Å². The molecule has 0 saturated carbocycles. The van der Waals surface area contributed by atoms with Gasteiger partial charge in [-0.1, -0.05) is 13.8 Å². The third kappa shape index (κ3) is 4.75. The van der Waals surface area contributed by atoms with Gasteiger partial charge < -0.3 is 10.0 Å². The van der Waals surface area contributed by atoms with Crippen LogP contribution in [0, 0.1) is 17.8 Å². The molecule has 1 aliphatic rings. The number of nitrogens with two attached hydrogens (primary N) is 1. The van der Waals surface area contributed by atoms with Crippen molar-refractivity contribution in [3.05, 3.63) is 0 Å². The molecule has 0 spiro atoms. The Morgan fingerprint density at radius 3 is 2.35 bits per heavy atom. The van der Waals surface area contributed by atoms with Crippen molar-refractivity contribution in [2.24, 2.45) is 22.9 Å². The molecule has 7 nitrogen and oxygen atoms in total. The minimum atomic E-state index is -3.56. The predicted octanol–water partition coefficient (Wildman–Crippen LogP) is -0.130. The molecule has 8 heteroatoms. The van der Waals surface area contributed by atoms with E-state index in [1.807, 2.05) is 13.8 Å². The molecule has 0 radical (unpaired) electrons. The lowest BCUT2D eigenvalue weighted by Gasteiger charge is -2.18. The second-order valence-electron chi connectivity index (χ2n) is 5.62. The quantitative estimate of drug-likeness (QED) is 0.708. The van der Waals surface area contributed by atoms with Crippen molar-refractivity contribution in [2.45, 2.75) is 26.7 Å². The molecule has 20 heavy (non-hydrogen) atoms. The van der Waals surface area contributed by atoms with Crippen LogP contribution >= 0.6 is 0 Å². The van der Waals surface area contributed by atoms with Crippen LogP contribution in [0.1, 0.15) is 26.7 Å². The summed E-state index contributed by atoms with van der Waals surface area (Å²) < 4.78 is 21.6. The van der Waals surface area contributed by atoms with E-state index in [4.69, 9.17) is 5.14 Å². The highest BCUT2D eigenvalue weighted by Crippen LogP contribution is 2.30. The SMILES string of the molecule is CC(C)[C@@H]1CN(C(=O)CCCS(N)(=O)=O)C[C@H]1C(=O)O. The number of aliphatic carboxylic acids is 1. The topological polar surface area (TPSA) is 118 Å². The summed E-state index contributed by atoms with van der Waals surface area (Å²) in [7, 11) is -3.56. The van der Waals surface area contributed by atoms with Gasteiger partial charge in [-0.25, -0.2) is 13.6 Å². The van der Waals surface area contributed by atoms with Crippen molar-refractivity contribution >= 4 is 21.9 Å². The summed E-state index contributed by atoms with van der Waals surface area (Å²) in [4.78, 5) is 24.7. The Labute approximate surface area is 119 Å². The molecule has 0 aromatic heterocycles. The Morgan fingerprint density at radius 2 is 1.95 bits per heavy atom. The van der Waals surface area contributed by atoms with E-state index < -0.39 is 21.9 Å². The molecule has 1 amide bonds. The molecule has 0 aromatic rings. The van der Waals surface area contributed by atoms with E-state index in [2.05, 4.69) is 0 Å². The first kappa shape index (κ1) is 16.9. The molecule has 0 aliphatic carbocycles. The minimum absolute atomic E-state index is 0.0605. The molecule has 2 atom stereocenters. The molecular formula is C12H22N2O5S. The maximum atomic E-state index is 12.0. The average molecular weight is 306 g/mol. The molecule has 1 heterocycles. The van der Waals surface area contributed by atoms with Gasteiger partial charge in [-0.15, -0.1) is 0 Å².